The third-order valence-electron chi connectivity index (χ3n) is 2.00. The molecule has 0 aliphatic rings. The minimum atomic E-state index is -0.597. The predicted molar refractivity (Wildman–Crippen MR) is 61.6 cm³/mol. The van der Waals surface area contributed by atoms with Gasteiger partial charge in [-0.05, 0) is 13.0 Å². The highest BCUT2D eigenvalue weighted by molar-refractivity contribution is 5.90. The first-order valence-corrected chi connectivity index (χ1v) is 5.17. The Balaban J connectivity index is 3.04. The van der Waals surface area contributed by atoms with Crippen LogP contribution in [0.2, 0.25) is 0 Å². The van der Waals surface area contributed by atoms with Crippen LogP contribution in [0.1, 0.15) is 17.3 Å². The number of carbonyl (C=O) groups is 1. The van der Waals surface area contributed by atoms with Crippen LogP contribution in [0.3, 0.4) is 0 Å². The van der Waals surface area contributed by atoms with Crippen LogP contribution in [0.15, 0.2) is 18.2 Å². The molecule has 0 fully saturated rings. The maximum atomic E-state index is 11.5. The molecule has 0 atom stereocenters. The molecule has 0 bridgehead atoms. The van der Waals surface area contributed by atoms with Gasteiger partial charge in [0, 0.05) is 19.2 Å². The molecule has 7 nitrogen and oxygen atoms in total. The second kappa shape index (κ2) is 6.55. The standard InChI is InChI=1S/C11H13NO6/c1-3-17-11(13)8-4-5-9(12(14)15)10(6-8)18-7-16-2/h4-6H,3,7H2,1-2H3. The van der Waals surface area contributed by atoms with Crippen molar-refractivity contribution in [3.63, 3.8) is 0 Å². The van der Waals surface area contributed by atoms with Gasteiger partial charge in [0.1, 0.15) is 0 Å². The molecule has 0 saturated carbocycles. The van der Waals surface area contributed by atoms with Crippen molar-refractivity contribution in [1.82, 2.24) is 0 Å². The summed E-state index contributed by atoms with van der Waals surface area (Å²) in [5, 5.41) is 10.8. The minimum Gasteiger partial charge on any atom is -0.462 e. The molecule has 0 N–H and O–H groups in total. The summed E-state index contributed by atoms with van der Waals surface area (Å²) in [6.45, 7) is 1.75. The maximum absolute atomic E-state index is 11.5. The summed E-state index contributed by atoms with van der Waals surface area (Å²) in [6.07, 6.45) is 0. The molecule has 0 unspecified atom stereocenters. The Morgan fingerprint density at radius 2 is 2.17 bits per heavy atom. The number of rotatable bonds is 6. The zero-order valence-corrected chi connectivity index (χ0v) is 10.0. The number of nitro groups is 1. The van der Waals surface area contributed by atoms with Crippen LogP contribution in [-0.4, -0.2) is 31.4 Å². The summed E-state index contributed by atoms with van der Waals surface area (Å²) in [7, 11) is 1.39. The van der Waals surface area contributed by atoms with E-state index in [1.165, 1.54) is 25.3 Å². The largest absolute Gasteiger partial charge is 0.462 e. The van der Waals surface area contributed by atoms with Gasteiger partial charge in [-0.15, -0.1) is 0 Å². The Hall–Kier alpha value is -2.15. The summed E-state index contributed by atoms with van der Waals surface area (Å²) in [6, 6.07) is 3.77. The molecule has 0 radical (unpaired) electrons. The Labute approximate surface area is 103 Å². The van der Waals surface area contributed by atoms with Crippen molar-refractivity contribution >= 4 is 11.7 Å². The summed E-state index contributed by atoms with van der Waals surface area (Å²) in [5.74, 6) is -0.595. The van der Waals surface area contributed by atoms with E-state index in [1.807, 2.05) is 0 Å². The molecule has 98 valence electrons. The van der Waals surface area contributed by atoms with Crippen molar-refractivity contribution in [2.75, 3.05) is 20.5 Å². The number of nitrogens with zero attached hydrogens (tertiary/aromatic N) is 1. The average molecular weight is 255 g/mol. The number of hydrogen-bond donors (Lipinski definition) is 0. The van der Waals surface area contributed by atoms with E-state index < -0.39 is 10.9 Å². The van der Waals surface area contributed by atoms with Crippen LogP contribution < -0.4 is 4.74 Å². The number of nitro benzene ring substituents is 1. The number of hydrogen-bond acceptors (Lipinski definition) is 6. The molecule has 1 aromatic rings. The van der Waals surface area contributed by atoms with Crippen molar-refractivity contribution in [3.05, 3.63) is 33.9 Å². The average Bonchev–Trinajstić information content (AvgIpc) is 2.36. The number of benzene rings is 1. The Bertz CT molecular complexity index is 445. The van der Waals surface area contributed by atoms with Crippen molar-refractivity contribution in [3.8, 4) is 5.75 Å². The molecular weight excluding hydrogens is 242 g/mol. The first kappa shape index (κ1) is 13.9. The maximum Gasteiger partial charge on any atom is 0.338 e. The van der Waals surface area contributed by atoms with E-state index in [4.69, 9.17) is 9.47 Å². The summed E-state index contributed by atoms with van der Waals surface area (Å²) >= 11 is 0. The molecule has 0 aliphatic carbocycles. The lowest BCUT2D eigenvalue weighted by molar-refractivity contribution is -0.386. The monoisotopic (exact) mass is 255 g/mol. The highest BCUT2D eigenvalue weighted by Crippen LogP contribution is 2.28. The van der Waals surface area contributed by atoms with E-state index in [1.54, 1.807) is 6.92 Å². The smallest absolute Gasteiger partial charge is 0.338 e. The molecule has 7 heteroatoms. The van der Waals surface area contributed by atoms with Crippen LogP contribution in [0.25, 0.3) is 0 Å². The predicted octanol–water partition coefficient (Wildman–Crippen LogP) is 1.75. The van der Waals surface area contributed by atoms with Crippen molar-refractivity contribution in [2.45, 2.75) is 6.92 Å². The topological polar surface area (TPSA) is 87.9 Å². The molecule has 0 aliphatic heterocycles. The van der Waals surface area contributed by atoms with E-state index in [0.29, 0.717) is 0 Å². The van der Waals surface area contributed by atoms with E-state index in [2.05, 4.69) is 4.74 Å². The van der Waals surface area contributed by atoms with Gasteiger partial charge in [-0.25, -0.2) is 4.79 Å². The van der Waals surface area contributed by atoms with Gasteiger partial charge in [0.2, 0.25) is 5.75 Å². The SMILES string of the molecule is CCOC(=O)c1ccc([N+](=O)[O-])c(OCOC)c1. The van der Waals surface area contributed by atoms with Crippen molar-refractivity contribution in [2.24, 2.45) is 0 Å². The van der Waals surface area contributed by atoms with E-state index >= 15 is 0 Å². The molecule has 0 heterocycles. The fraction of sp³-hybridized carbons (Fsp3) is 0.364. The summed E-state index contributed by atoms with van der Waals surface area (Å²) < 4.78 is 14.5. The quantitative estimate of drug-likeness (QED) is 0.333. The lowest BCUT2D eigenvalue weighted by atomic mass is 10.2. The highest BCUT2D eigenvalue weighted by Gasteiger charge is 2.18. The molecule has 0 amide bonds. The van der Waals surface area contributed by atoms with Crippen LogP contribution in [0.5, 0.6) is 5.75 Å². The molecule has 0 aromatic heterocycles. The zero-order chi connectivity index (χ0) is 13.5. The number of methoxy groups -OCH3 is 1. The Kier molecular flexibility index (Phi) is 5.06. The van der Waals surface area contributed by atoms with Gasteiger partial charge in [0.25, 0.3) is 0 Å². The molecule has 0 saturated heterocycles. The molecule has 0 spiro atoms. The number of esters is 1. The first-order chi connectivity index (χ1) is 8.60. The van der Waals surface area contributed by atoms with Crippen LogP contribution in [0, 0.1) is 10.1 Å². The second-order valence-electron chi connectivity index (χ2n) is 3.21. The zero-order valence-electron chi connectivity index (χ0n) is 10.0. The lowest BCUT2D eigenvalue weighted by Gasteiger charge is -2.07. The fourth-order valence-electron chi connectivity index (χ4n) is 1.24. The highest BCUT2D eigenvalue weighted by atomic mass is 16.7. The van der Waals surface area contributed by atoms with Gasteiger partial charge in [0.05, 0.1) is 17.1 Å². The van der Waals surface area contributed by atoms with Crippen LogP contribution >= 0.6 is 0 Å². The lowest BCUT2D eigenvalue weighted by Crippen LogP contribution is -2.07. The number of ether oxygens (including phenoxy) is 3. The van der Waals surface area contributed by atoms with Crippen LogP contribution in [-0.2, 0) is 9.47 Å². The van der Waals surface area contributed by atoms with Gasteiger partial charge in [-0.2, -0.15) is 0 Å². The van der Waals surface area contributed by atoms with Gasteiger partial charge in [-0.3, -0.25) is 10.1 Å². The molecule has 18 heavy (non-hydrogen) atoms. The summed E-state index contributed by atoms with van der Waals surface area (Å²) in [4.78, 5) is 21.6. The third kappa shape index (κ3) is 3.42. The van der Waals surface area contributed by atoms with Crippen molar-refractivity contribution in [1.29, 1.82) is 0 Å². The Morgan fingerprint density at radius 1 is 1.44 bits per heavy atom. The van der Waals surface area contributed by atoms with Gasteiger partial charge >= 0.3 is 11.7 Å². The van der Waals surface area contributed by atoms with E-state index in [-0.39, 0.29) is 30.4 Å². The summed E-state index contributed by atoms with van der Waals surface area (Å²) in [5.41, 5.74) is -0.0475. The Morgan fingerprint density at radius 3 is 2.72 bits per heavy atom. The minimum absolute atomic E-state index is 0.0348. The molecular formula is C11H13NO6. The molecule has 1 rings (SSSR count). The van der Waals surface area contributed by atoms with E-state index in [9.17, 15) is 14.9 Å². The fourth-order valence-corrected chi connectivity index (χ4v) is 1.24. The van der Waals surface area contributed by atoms with Crippen molar-refractivity contribution < 1.29 is 23.9 Å². The van der Waals surface area contributed by atoms with Gasteiger partial charge in [0.15, 0.2) is 6.79 Å². The van der Waals surface area contributed by atoms with Gasteiger partial charge < -0.3 is 14.2 Å². The molecule has 1 aromatic carbocycles. The van der Waals surface area contributed by atoms with E-state index in [0.717, 1.165) is 0 Å². The first-order valence-electron chi connectivity index (χ1n) is 5.17. The van der Waals surface area contributed by atoms with Gasteiger partial charge in [-0.1, -0.05) is 0 Å². The number of carbonyl (C=O) groups excluding carboxylic acids is 1. The second-order valence-corrected chi connectivity index (χ2v) is 3.21. The normalized spacial score (nSPS) is 9.89. The third-order valence-corrected chi connectivity index (χ3v) is 2.00. The van der Waals surface area contributed by atoms with Crippen LogP contribution in [0.4, 0.5) is 5.69 Å².